The molecule has 0 saturated heterocycles. The van der Waals surface area contributed by atoms with Crippen molar-refractivity contribution < 1.29 is 0 Å². The molecule has 5 nitrogen and oxygen atoms in total. The van der Waals surface area contributed by atoms with Crippen LogP contribution in [0.5, 0.6) is 0 Å². The summed E-state index contributed by atoms with van der Waals surface area (Å²) in [6, 6.07) is 9.48. The number of nitrogens with zero attached hydrogens (tertiary/aromatic N) is 4. The average Bonchev–Trinajstić information content (AvgIpc) is 2.80. The first-order valence-corrected chi connectivity index (χ1v) is 6.44. The predicted molar refractivity (Wildman–Crippen MR) is 71.2 cm³/mol. The topological polar surface area (TPSA) is 69.1 Å². The van der Waals surface area contributed by atoms with Crippen LogP contribution in [0.25, 0.3) is 5.65 Å². The SMILES string of the molecule is Nc1ccnc(CSc2nnc3ccccn23)c1. The third-order valence-corrected chi connectivity index (χ3v) is 3.45. The van der Waals surface area contributed by atoms with Crippen molar-refractivity contribution in [3.05, 3.63) is 48.4 Å². The van der Waals surface area contributed by atoms with Gasteiger partial charge in [0.25, 0.3) is 0 Å². The van der Waals surface area contributed by atoms with Crippen LogP contribution in [0.1, 0.15) is 5.69 Å². The lowest BCUT2D eigenvalue weighted by Crippen LogP contribution is -1.92. The van der Waals surface area contributed by atoms with Crippen LogP contribution in [-0.2, 0) is 5.75 Å². The number of rotatable bonds is 3. The van der Waals surface area contributed by atoms with E-state index in [0.29, 0.717) is 0 Å². The van der Waals surface area contributed by atoms with E-state index >= 15 is 0 Å². The molecule has 0 aliphatic heterocycles. The Morgan fingerprint density at radius 2 is 2.17 bits per heavy atom. The lowest BCUT2D eigenvalue weighted by Gasteiger charge is -2.00. The Bertz CT molecular complexity index is 679. The van der Waals surface area contributed by atoms with Gasteiger partial charge in [0.05, 0.1) is 5.69 Å². The monoisotopic (exact) mass is 257 g/mol. The van der Waals surface area contributed by atoms with Crippen molar-refractivity contribution in [3.8, 4) is 0 Å². The van der Waals surface area contributed by atoms with Gasteiger partial charge in [-0.05, 0) is 24.3 Å². The largest absolute Gasteiger partial charge is 0.399 e. The van der Waals surface area contributed by atoms with Crippen LogP contribution >= 0.6 is 11.8 Å². The normalized spacial score (nSPS) is 10.9. The number of hydrogen-bond donors (Lipinski definition) is 1. The summed E-state index contributed by atoms with van der Waals surface area (Å²) in [5.74, 6) is 0.723. The zero-order valence-electron chi connectivity index (χ0n) is 9.52. The van der Waals surface area contributed by atoms with E-state index < -0.39 is 0 Å². The molecular formula is C12H11N5S. The maximum absolute atomic E-state index is 5.72. The fraction of sp³-hybridized carbons (Fsp3) is 0.0833. The van der Waals surface area contributed by atoms with Gasteiger partial charge in [-0.3, -0.25) is 9.38 Å². The molecule has 6 heteroatoms. The zero-order chi connectivity index (χ0) is 12.4. The van der Waals surface area contributed by atoms with Crippen LogP contribution in [-0.4, -0.2) is 19.6 Å². The van der Waals surface area contributed by atoms with Gasteiger partial charge in [0, 0.05) is 23.8 Å². The molecule has 18 heavy (non-hydrogen) atoms. The fourth-order valence-corrected chi connectivity index (χ4v) is 2.46. The molecule has 0 unspecified atom stereocenters. The molecule has 0 saturated carbocycles. The van der Waals surface area contributed by atoms with Crippen molar-refractivity contribution in [2.24, 2.45) is 0 Å². The first kappa shape index (κ1) is 11.0. The van der Waals surface area contributed by atoms with Crippen molar-refractivity contribution in [3.63, 3.8) is 0 Å². The molecule has 0 aliphatic carbocycles. The lowest BCUT2D eigenvalue weighted by atomic mass is 10.3. The highest BCUT2D eigenvalue weighted by Gasteiger charge is 2.05. The molecule has 0 amide bonds. The number of aromatic nitrogens is 4. The summed E-state index contributed by atoms with van der Waals surface area (Å²) in [6.45, 7) is 0. The number of anilines is 1. The van der Waals surface area contributed by atoms with E-state index in [1.807, 2.05) is 34.9 Å². The predicted octanol–water partition coefficient (Wildman–Crippen LogP) is 2.00. The van der Waals surface area contributed by atoms with Gasteiger partial charge in [-0.2, -0.15) is 0 Å². The molecule has 0 radical (unpaired) electrons. The second-order valence-electron chi connectivity index (χ2n) is 3.78. The molecular weight excluding hydrogens is 246 g/mol. The van der Waals surface area contributed by atoms with E-state index in [-0.39, 0.29) is 0 Å². The van der Waals surface area contributed by atoms with Gasteiger partial charge in [-0.25, -0.2) is 0 Å². The smallest absolute Gasteiger partial charge is 0.195 e. The molecule has 2 N–H and O–H groups in total. The number of hydrogen-bond acceptors (Lipinski definition) is 5. The van der Waals surface area contributed by atoms with E-state index in [0.717, 1.165) is 27.9 Å². The summed E-state index contributed by atoms with van der Waals surface area (Å²) in [5.41, 5.74) is 8.23. The van der Waals surface area contributed by atoms with Crippen LogP contribution in [0.3, 0.4) is 0 Å². The Balaban J connectivity index is 1.81. The van der Waals surface area contributed by atoms with Gasteiger partial charge in [0.2, 0.25) is 0 Å². The molecule has 3 aromatic rings. The maximum Gasteiger partial charge on any atom is 0.195 e. The highest BCUT2D eigenvalue weighted by atomic mass is 32.2. The molecule has 0 atom stereocenters. The van der Waals surface area contributed by atoms with Crippen LogP contribution in [0.15, 0.2) is 47.9 Å². The number of pyridine rings is 2. The average molecular weight is 257 g/mol. The number of nitrogen functional groups attached to an aromatic ring is 1. The molecule has 0 bridgehead atoms. The van der Waals surface area contributed by atoms with Crippen LogP contribution in [0.2, 0.25) is 0 Å². The minimum Gasteiger partial charge on any atom is -0.399 e. The number of fused-ring (bicyclic) bond motifs is 1. The summed E-state index contributed by atoms with van der Waals surface area (Å²) in [7, 11) is 0. The van der Waals surface area contributed by atoms with E-state index in [4.69, 9.17) is 5.73 Å². The highest BCUT2D eigenvalue weighted by Crippen LogP contribution is 2.21. The third kappa shape index (κ3) is 2.14. The first-order chi connectivity index (χ1) is 8.83. The number of nitrogens with two attached hydrogens (primary N) is 1. The molecule has 0 aliphatic rings. The van der Waals surface area contributed by atoms with Crippen LogP contribution in [0, 0.1) is 0 Å². The Morgan fingerprint density at radius 1 is 1.22 bits per heavy atom. The standard InChI is InChI=1S/C12H11N5S/c13-9-4-5-14-10(7-9)8-18-12-16-15-11-3-1-2-6-17(11)12/h1-7H,8H2,(H2,13,14). The highest BCUT2D eigenvalue weighted by molar-refractivity contribution is 7.98. The fourth-order valence-electron chi connectivity index (χ4n) is 1.63. The van der Waals surface area contributed by atoms with Gasteiger partial charge >= 0.3 is 0 Å². The van der Waals surface area contributed by atoms with Crippen molar-refractivity contribution >= 4 is 23.1 Å². The molecule has 90 valence electrons. The van der Waals surface area contributed by atoms with E-state index in [1.165, 1.54) is 0 Å². The summed E-state index contributed by atoms with van der Waals surface area (Å²) >= 11 is 1.59. The minimum atomic E-state index is 0.723. The van der Waals surface area contributed by atoms with E-state index in [9.17, 15) is 0 Å². The molecule has 0 aromatic carbocycles. The molecule has 3 heterocycles. The van der Waals surface area contributed by atoms with Crippen molar-refractivity contribution in [2.75, 3.05) is 5.73 Å². The van der Waals surface area contributed by atoms with Gasteiger partial charge in [0.1, 0.15) is 0 Å². The maximum atomic E-state index is 5.72. The van der Waals surface area contributed by atoms with Crippen molar-refractivity contribution in [2.45, 2.75) is 10.9 Å². The summed E-state index contributed by atoms with van der Waals surface area (Å²) in [5, 5.41) is 9.10. The summed E-state index contributed by atoms with van der Waals surface area (Å²) < 4.78 is 1.96. The van der Waals surface area contributed by atoms with Crippen LogP contribution < -0.4 is 5.73 Å². The van der Waals surface area contributed by atoms with Gasteiger partial charge in [-0.1, -0.05) is 17.8 Å². The quantitative estimate of drug-likeness (QED) is 0.727. The Labute approximate surface area is 108 Å². The molecule has 3 aromatic heterocycles. The van der Waals surface area contributed by atoms with Crippen molar-refractivity contribution in [1.82, 2.24) is 19.6 Å². The molecule has 0 spiro atoms. The van der Waals surface area contributed by atoms with Gasteiger partial charge in [0.15, 0.2) is 10.8 Å². The van der Waals surface area contributed by atoms with Crippen LogP contribution in [0.4, 0.5) is 5.69 Å². The van der Waals surface area contributed by atoms with E-state index in [1.54, 1.807) is 24.0 Å². The Morgan fingerprint density at radius 3 is 3.06 bits per heavy atom. The second kappa shape index (κ2) is 4.66. The van der Waals surface area contributed by atoms with Crippen molar-refractivity contribution in [1.29, 1.82) is 0 Å². The van der Waals surface area contributed by atoms with Gasteiger partial charge in [-0.15, -0.1) is 10.2 Å². The summed E-state index contributed by atoms with van der Waals surface area (Å²) in [4.78, 5) is 4.26. The first-order valence-electron chi connectivity index (χ1n) is 5.46. The number of thioether (sulfide) groups is 1. The summed E-state index contributed by atoms with van der Waals surface area (Å²) in [6.07, 6.45) is 3.66. The Hall–Kier alpha value is -2.08. The molecule has 3 rings (SSSR count). The minimum absolute atomic E-state index is 0.723. The molecule has 0 fully saturated rings. The van der Waals surface area contributed by atoms with Gasteiger partial charge < -0.3 is 5.73 Å². The second-order valence-corrected chi connectivity index (χ2v) is 4.72. The lowest BCUT2D eigenvalue weighted by molar-refractivity contribution is 0.920. The third-order valence-electron chi connectivity index (χ3n) is 2.47. The Kier molecular flexibility index (Phi) is 2.85. The van der Waals surface area contributed by atoms with E-state index in [2.05, 4.69) is 15.2 Å². The zero-order valence-corrected chi connectivity index (χ0v) is 10.3.